The molecular formula is C22H31N3O6S. The highest BCUT2D eigenvalue weighted by molar-refractivity contribution is 8.00. The number of hydrogen-bond acceptors (Lipinski definition) is 8. The first-order valence-corrected chi connectivity index (χ1v) is 11.2. The van der Waals surface area contributed by atoms with E-state index < -0.39 is 46.4 Å². The van der Waals surface area contributed by atoms with Crippen molar-refractivity contribution < 1.29 is 28.7 Å². The third-order valence-electron chi connectivity index (χ3n) is 4.34. The first-order chi connectivity index (χ1) is 14.7. The van der Waals surface area contributed by atoms with Gasteiger partial charge in [0.1, 0.15) is 22.5 Å². The van der Waals surface area contributed by atoms with Gasteiger partial charge in [-0.25, -0.2) is 14.6 Å². The second-order valence-electron chi connectivity index (χ2n) is 9.52. The third kappa shape index (κ3) is 7.22. The van der Waals surface area contributed by atoms with Gasteiger partial charge in [0.25, 0.3) is 0 Å². The lowest BCUT2D eigenvalue weighted by Crippen LogP contribution is -2.48. The summed E-state index contributed by atoms with van der Waals surface area (Å²) in [5, 5.41) is 2.31. The highest BCUT2D eigenvalue weighted by Gasteiger charge is 2.48. The Morgan fingerprint density at radius 2 is 1.72 bits per heavy atom. The largest absolute Gasteiger partial charge is 0.458 e. The minimum atomic E-state index is -1.18. The monoisotopic (exact) mass is 465 g/mol. The first-order valence-electron chi connectivity index (χ1n) is 10.3. The summed E-state index contributed by atoms with van der Waals surface area (Å²) >= 11 is 1.15. The van der Waals surface area contributed by atoms with Crippen molar-refractivity contribution >= 4 is 35.6 Å². The second-order valence-corrected chi connectivity index (χ2v) is 10.7. The standard InChI is InChI=1S/C22H31N3O6S/c1-21(2,3)30-19(28)14(24-20(29)31-22(4,5)6)12-13-16(18(27)25(7)17(13)26)32-15-10-8-9-11-23-15/h8-11,13-14,16H,12H2,1-7H3,(H,24,29)/t13?,14-,16?/m0/s1. The van der Waals surface area contributed by atoms with Crippen LogP contribution in [-0.2, 0) is 23.9 Å². The van der Waals surface area contributed by atoms with Gasteiger partial charge in [-0.05, 0) is 60.1 Å². The Balaban J connectivity index is 2.28. The van der Waals surface area contributed by atoms with Crippen LogP contribution < -0.4 is 5.32 Å². The number of thioether (sulfide) groups is 1. The van der Waals surface area contributed by atoms with Gasteiger partial charge in [-0.15, -0.1) is 0 Å². The molecule has 0 bridgehead atoms. The number of carbonyl (C=O) groups is 4. The molecule has 1 fully saturated rings. The Labute approximate surface area is 192 Å². The molecular weight excluding hydrogens is 434 g/mol. The van der Waals surface area contributed by atoms with E-state index in [1.54, 1.807) is 65.9 Å². The number of nitrogens with one attached hydrogen (secondary N) is 1. The fourth-order valence-corrected chi connectivity index (χ4v) is 4.23. The predicted octanol–water partition coefficient (Wildman–Crippen LogP) is 2.78. The minimum Gasteiger partial charge on any atom is -0.458 e. The predicted molar refractivity (Wildman–Crippen MR) is 119 cm³/mol. The smallest absolute Gasteiger partial charge is 0.408 e. The molecule has 1 aromatic rings. The zero-order valence-electron chi connectivity index (χ0n) is 19.5. The molecule has 3 amide bonds. The molecule has 1 aliphatic heterocycles. The summed E-state index contributed by atoms with van der Waals surface area (Å²) in [6.07, 6.45) is 0.663. The molecule has 1 aromatic heterocycles. The van der Waals surface area contributed by atoms with Crippen molar-refractivity contribution in [1.29, 1.82) is 0 Å². The highest BCUT2D eigenvalue weighted by atomic mass is 32.2. The maximum absolute atomic E-state index is 12.9. The molecule has 2 unspecified atom stereocenters. The molecule has 1 saturated heterocycles. The Hall–Kier alpha value is -2.62. The SMILES string of the molecule is CN1C(=O)C(C[C@H](NC(=O)OC(C)(C)C)C(=O)OC(C)(C)C)C(Sc2ccccn2)C1=O. The number of amides is 3. The summed E-state index contributed by atoms with van der Waals surface area (Å²) < 4.78 is 10.7. The summed E-state index contributed by atoms with van der Waals surface area (Å²) in [5.41, 5.74) is -1.58. The average Bonchev–Trinajstić information content (AvgIpc) is 2.83. The van der Waals surface area contributed by atoms with E-state index in [1.165, 1.54) is 7.05 Å². The topological polar surface area (TPSA) is 115 Å². The number of carbonyl (C=O) groups excluding carboxylic acids is 4. The molecule has 32 heavy (non-hydrogen) atoms. The lowest BCUT2D eigenvalue weighted by Gasteiger charge is -2.27. The van der Waals surface area contributed by atoms with Gasteiger partial charge in [0.15, 0.2) is 0 Å². The normalized spacial score (nSPS) is 20.2. The fraction of sp³-hybridized carbons (Fsp3) is 0.591. The van der Waals surface area contributed by atoms with E-state index >= 15 is 0 Å². The number of rotatable bonds is 6. The molecule has 0 saturated carbocycles. The Bertz CT molecular complexity index is 863. The van der Waals surface area contributed by atoms with Gasteiger partial charge >= 0.3 is 12.1 Å². The number of nitrogens with zero attached hydrogens (tertiary/aromatic N) is 2. The zero-order valence-corrected chi connectivity index (χ0v) is 20.3. The van der Waals surface area contributed by atoms with E-state index in [0.717, 1.165) is 16.7 Å². The van der Waals surface area contributed by atoms with E-state index in [2.05, 4.69) is 10.3 Å². The van der Waals surface area contributed by atoms with Crippen LogP contribution in [0.15, 0.2) is 29.4 Å². The molecule has 2 heterocycles. The molecule has 1 aliphatic rings. The molecule has 1 N–H and O–H groups in total. The molecule has 2 rings (SSSR count). The van der Waals surface area contributed by atoms with Crippen molar-refractivity contribution in [2.75, 3.05) is 7.05 Å². The van der Waals surface area contributed by atoms with Crippen LogP contribution >= 0.6 is 11.8 Å². The quantitative estimate of drug-likeness (QED) is 0.504. The summed E-state index contributed by atoms with van der Waals surface area (Å²) in [5.74, 6) is -2.37. The van der Waals surface area contributed by atoms with E-state index in [4.69, 9.17) is 9.47 Å². The van der Waals surface area contributed by atoms with Crippen LogP contribution in [0.5, 0.6) is 0 Å². The van der Waals surface area contributed by atoms with Gasteiger partial charge in [0, 0.05) is 13.2 Å². The number of imide groups is 1. The van der Waals surface area contributed by atoms with Gasteiger partial charge in [0.2, 0.25) is 11.8 Å². The lowest BCUT2D eigenvalue weighted by atomic mass is 9.97. The van der Waals surface area contributed by atoms with Crippen LogP contribution in [0.4, 0.5) is 4.79 Å². The van der Waals surface area contributed by atoms with Gasteiger partial charge in [0.05, 0.1) is 10.9 Å². The van der Waals surface area contributed by atoms with E-state index in [0.29, 0.717) is 5.03 Å². The molecule has 0 aliphatic carbocycles. The van der Waals surface area contributed by atoms with E-state index in [-0.39, 0.29) is 12.3 Å². The molecule has 0 aromatic carbocycles. The number of hydrogen-bond donors (Lipinski definition) is 1. The van der Waals surface area contributed by atoms with Crippen LogP contribution in [0, 0.1) is 5.92 Å². The van der Waals surface area contributed by atoms with Crippen LogP contribution in [0.3, 0.4) is 0 Å². The number of alkyl carbamates (subject to hydrolysis) is 1. The van der Waals surface area contributed by atoms with E-state index in [1.807, 2.05) is 0 Å². The van der Waals surface area contributed by atoms with Crippen molar-refractivity contribution in [3.05, 3.63) is 24.4 Å². The second kappa shape index (κ2) is 9.89. The number of aromatic nitrogens is 1. The third-order valence-corrected chi connectivity index (χ3v) is 5.61. The van der Waals surface area contributed by atoms with Crippen LogP contribution in [-0.4, -0.2) is 63.3 Å². The van der Waals surface area contributed by atoms with Crippen molar-refractivity contribution in [2.24, 2.45) is 5.92 Å². The van der Waals surface area contributed by atoms with E-state index in [9.17, 15) is 19.2 Å². The van der Waals surface area contributed by atoms with Crippen molar-refractivity contribution in [1.82, 2.24) is 15.2 Å². The summed E-state index contributed by atoms with van der Waals surface area (Å²) in [7, 11) is 1.40. The first kappa shape index (κ1) is 25.6. The van der Waals surface area contributed by atoms with Crippen LogP contribution in [0.25, 0.3) is 0 Å². The van der Waals surface area contributed by atoms with Crippen molar-refractivity contribution in [2.45, 2.75) is 75.5 Å². The summed E-state index contributed by atoms with van der Waals surface area (Å²) in [6.45, 7) is 10.2. The van der Waals surface area contributed by atoms with Crippen LogP contribution in [0.2, 0.25) is 0 Å². The average molecular weight is 466 g/mol. The molecule has 176 valence electrons. The highest BCUT2D eigenvalue weighted by Crippen LogP contribution is 2.36. The molecule has 3 atom stereocenters. The maximum Gasteiger partial charge on any atom is 0.408 e. The Kier molecular flexibility index (Phi) is 7.92. The lowest BCUT2D eigenvalue weighted by molar-refractivity contribution is -0.158. The molecule has 10 heteroatoms. The van der Waals surface area contributed by atoms with Gasteiger partial charge in [-0.1, -0.05) is 17.8 Å². The zero-order chi connectivity index (χ0) is 24.3. The molecule has 0 radical (unpaired) electrons. The minimum absolute atomic E-state index is 0.117. The molecule has 9 nitrogen and oxygen atoms in total. The Morgan fingerprint density at radius 3 is 2.25 bits per heavy atom. The number of ether oxygens (including phenoxy) is 2. The van der Waals surface area contributed by atoms with Gasteiger partial charge in [-0.2, -0.15) is 0 Å². The number of esters is 1. The van der Waals surface area contributed by atoms with Crippen LogP contribution in [0.1, 0.15) is 48.0 Å². The van der Waals surface area contributed by atoms with Gasteiger partial charge < -0.3 is 14.8 Å². The van der Waals surface area contributed by atoms with Crippen molar-refractivity contribution in [3.63, 3.8) is 0 Å². The Morgan fingerprint density at radius 1 is 1.09 bits per heavy atom. The maximum atomic E-state index is 12.9. The molecule has 0 spiro atoms. The number of likely N-dealkylation sites (tertiary alicyclic amines) is 1. The number of pyridine rings is 1. The fourth-order valence-electron chi connectivity index (χ4n) is 3.04. The summed E-state index contributed by atoms with van der Waals surface area (Å²) in [6, 6.07) is 4.09. The van der Waals surface area contributed by atoms with Gasteiger partial charge in [-0.3, -0.25) is 14.5 Å². The summed E-state index contributed by atoms with van der Waals surface area (Å²) in [4.78, 5) is 56.1. The van der Waals surface area contributed by atoms with Crippen molar-refractivity contribution in [3.8, 4) is 0 Å².